The fourth-order valence-electron chi connectivity index (χ4n) is 3.02. The Balaban J connectivity index is 2.48. The minimum atomic E-state index is -3.88. The Morgan fingerprint density at radius 2 is 1.75 bits per heavy atom. The SMILES string of the molecule is CC[C@H](C(=O)Nc1c(C)cccc1C)N(c1cccc([N+](=O)[O-])c1)S(C)(=O)=O. The molecule has 0 saturated heterocycles. The summed E-state index contributed by atoms with van der Waals surface area (Å²) in [6, 6.07) is 9.74. The van der Waals surface area contributed by atoms with Crippen LogP contribution in [0.4, 0.5) is 17.1 Å². The molecule has 0 bridgehead atoms. The van der Waals surface area contributed by atoms with Crippen LogP contribution in [-0.4, -0.2) is 31.5 Å². The third-order valence-electron chi connectivity index (χ3n) is 4.35. The van der Waals surface area contributed by atoms with Gasteiger partial charge >= 0.3 is 0 Å². The molecule has 2 aromatic rings. The van der Waals surface area contributed by atoms with Crippen LogP contribution in [0.5, 0.6) is 0 Å². The lowest BCUT2D eigenvalue weighted by atomic mass is 10.1. The molecule has 2 rings (SSSR count). The first-order valence-corrected chi connectivity index (χ1v) is 10.5. The fourth-order valence-corrected chi connectivity index (χ4v) is 4.23. The molecule has 28 heavy (non-hydrogen) atoms. The summed E-state index contributed by atoms with van der Waals surface area (Å²) in [4.78, 5) is 23.4. The van der Waals surface area contributed by atoms with Gasteiger partial charge in [0, 0.05) is 17.8 Å². The van der Waals surface area contributed by atoms with Crippen LogP contribution in [0.1, 0.15) is 24.5 Å². The number of anilines is 2. The van der Waals surface area contributed by atoms with E-state index in [-0.39, 0.29) is 17.8 Å². The molecule has 0 saturated carbocycles. The lowest BCUT2D eigenvalue weighted by Gasteiger charge is -2.30. The highest BCUT2D eigenvalue weighted by atomic mass is 32.2. The highest BCUT2D eigenvalue weighted by Gasteiger charge is 2.32. The van der Waals surface area contributed by atoms with Crippen LogP contribution in [0.3, 0.4) is 0 Å². The van der Waals surface area contributed by atoms with Gasteiger partial charge in [-0.2, -0.15) is 0 Å². The second kappa shape index (κ2) is 8.39. The summed E-state index contributed by atoms with van der Waals surface area (Å²) in [6.07, 6.45) is 1.16. The predicted molar refractivity (Wildman–Crippen MR) is 109 cm³/mol. The van der Waals surface area contributed by atoms with E-state index >= 15 is 0 Å². The Labute approximate surface area is 164 Å². The van der Waals surface area contributed by atoms with Crippen LogP contribution in [0, 0.1) is 24.0 Å². The number of hydrogen-bond donors (Lipinski definition) is 1. The molecule has 0 aliphatic rings. The van der Waals surface area contributed by atoms with E-state index in [1.807, 2.05) is 32.0 Å². The van der Waals surface area contributed by atoms with Crippen molar-refractivity contribution < 1.29 is 18.1 Å². The Morgan fingerprint density at radius 1 is 1.18 bits per heavy atom. The molecule has 1 atom stereocenters. The van der Waals surface area contributed by atoms with Gasteiger partial charge in [-0.3, -0.25) is 19.2 Å². The summed E-state index contributed by atoms with van der Waals surface area (Å²) in [7, 11) is -3.88. The molecule has 1 N–H and O–H groups in total. The van der Waals surface area contributed by atoms with Crippen molar-refractivity contribution in [2.45, 2.75) is 33.2 Å². The topological polar surface area (TPSA) is 110 Å². The van der Waals surface area contributed by atoms with Gasteiger partial charge in [0.25, 0.3) is 5.69 Å². The lowest BCUT2D eigenvalue weighted by Crippen LogP contribution is -2.47. The molecule has 2 aromatic carbocycles. The number of hydrogen-bond acceptors (Lipinski definition) is 5. The number of nitrogens with one attached hydrogen (secondary N) is 1. The third kappa shape index (κ3) is 4.66. The average molecular weight is 405 g/mol. The van der Waals surface area contributed by atoms with Crippen molar-refractivity contribution in [1.82, 2.24) is 0 Å². The second-order valence-electron chi connectivity index (χ2n) is 6.52. The number of sulfonamides is 1. The van der Waals surface area contributed by atoms with Gasteiger partial charge in [-0.25, -0.2) is 8.42 Å². The van der Waals surface area contributed by atoms with Crippen LogP contribution in [0.2, 0.25) is 0 Å². The van der Waals surface area contributed by atoms with Gasteiger partial charge in [-0.1, -0.05) is 31.2 Å². The van der Waals surface area contributed by atoms with E-state index in [9.17, 15) is 23.3 Å². The molecular weight excluding hydrogens is 382 g/mol. The molecule has 0 heterocycles. The molecule has 1 amide bonds. The Kier molecular flexibility index (Phi) is 6.40. The molecule has 8 nitrogen and oxygen atoms in total. The van der Waals surface area contributed by atoms with Gasteiger partial charge in [0.1, 0.15) is 6.04 Å². The first-order chi connectivity index (χ1) is 13.1. The van der Waals surface area contributed by atoms with Gasteiger partial charge in [0.05, 0.1) is 16.9 Å². The maximum Gasteiger partial charge on any atom is 0.271 e. The quantitative estimate of drug-likeness (QED) is 0.561. The molecule has 0 unspecified atom stereocenters. The zero-order valence-electron chi connectivity index (χ0n) is 16.2. The Hall–Kier alpha value is -2.94. The summed E-state index contributed by atoms with van der Waals surface area (Å²) in [5.74, 6) is -0.503. The smallest absolute Gasteiger partial charge is 0.271 e. The molecule has 0 fully saturated rings. The predicted octanol–water partition coefficient (Wildman–Crippen LogP) is 3.39. The normalized spacial score (nSPS) is 12.3. The number of carbonyl (C=O) groups excluding carboxylic acids is 1. The standard InChI is InChI=1S/C19H23N3O5S/c1-5-17(19(23)20-18-13(2)8-6-9-14(18)3)21(28(4,26)27)15-10-7-11-16(12-15)22(24)25/h6-12,17H,5H2,1-4H3,(H,20,23)/t17-/m1/s1. The van der Waals surface area contributed by atoms with Gasteiger partial charge in [0.2, 0.25) is 15.9 Å². The van der Waals surface area contributed by atoms with Gasteiger partial charge in [0.15, 0.2) is 0 Å². The third-order valence-corrected chi connectivity index (χ3v) is 5.53. The van der Waals surface area contributed by atoms with Crippen LogP contribution in [0.25, 0.3) is 0 Å². The van der Waals surface area contributed by atoms with E-state index < -0.39 is 26.9 Å². The van der Waals surface area contributed by atoms with E-state index in [0.29, 0.717) is 5.69 Å². The molecule has 0 spiro atoms. The molecule has 9 heteroatoms. The first-order valence-electron chi connectivity index (χ1n) is 8.67. The number of para-hydroxylation sites is 1. The second-order valence-corrected chi connectivity index (χ2v) is 8.38. The summed E-state index contributed by atoms with van der Waals surface area (Å²) in [6.45, 7) is 5.38. The molecule has 0 aliphatic carbocycles. The van der Waals surface area contributed by atoms with E-state index in [1.54, 1.807) is 6.92 Å². The van der Waals surface area contributed by atoms with Crippen molar-refractivity contribution in [2.75, 3.05) is 15.9 Å². The van der Waals surface area contributed by atoms with Gasteiger partial charge < -0.3 is 5.32 Å². The molecule has 0 aliphatic heterocycles. The van der Waals surface area contributed by atoms with Crippen LogP contribution in [0.15, 0.2) is 42.5 Å². The molecule has 150 valence electrons. The van der Waals surface area contributed by atoms with E-state index in [2.05, 4.69) is 5.32 Å². The van der Waals surface area contributed by atoms with Crippen molar-refractivity contribution >= 4 is 33.0 Å². The number of nitrogens with zero attached hydrogens (tertiary/aromatic N) is 2. The molecular formula is C19H23N3O5S. The average Bonchev–Trinajstić information content (AvgIpc) is 2.61. The first kappa shape index (κ1) is 21.4. The van der Waals surface area contributed by atoms with Crippen molar-refractivity contribution in [2.24, 2.45) is 0 Å². The van der Waals surface area contributed by atoms with Crippen LogP contribution >= 0.6 is 0 Å². The summed E-state index contributed by atoms with van der Waals surface area (Å²) >= 11 is 0. The highest BCUT2D eigenvalue weighted by molar-refractivity contribution is 7.92. The van der Waals surface area contributed by atoms with E-state index in [4.69, 9.17) is 0 Å². The van der Waals surface area contributed by atoms with Gasteiger partial charge in [-0.05, 0) is 37.5 Å². The maximum atomic E-state index is 13.0. The van der Waals surface area contributed by atoms with Crippen molar-refractivity contribution in [3.8, 4) is 0 Å². The van der Waals surface area contributed by atoms with E-state index in [1.165, 1.54) is 18.2 Å². The largest absolute Gasteiger partial charge is 0.324 e. The minimum absolute atomic E-state index is 0.0696. The maximum absolute atomic E-state index is 13.0. The van der Waals surface area contributed by atoms with Crippen LogP contribution in [-0.2, 0) is 14.8 Å². The Morgan fingerprint density at radius 3 is 2.25 bits per heavy atom. The zero-order valence-corrected chi connectivity index (χ0v) is 17.0. The Bertz CT molecular complexity index is 984. The minimum Gasteiger partial charge on any atom is -0.324 e. The number of aryl methyl sites for hydroxylation is 2. The highest BCUT2D eigenvalue weighted by Crippen LogP contribution is 2.27. The monoisotopic (exact) mass is 405 g/mol. The zero-order chi connectivity index (χ0) is 21.1. The molecule has 0 aromatic heterocycles. The van der Waals surface area contributed by atoms with Gasteiger partial charge in [-0.15, -0.1) is 0 Å². The van der Waals surface area contributed by atoms with E-state index in [0.717, 1.165) is 27.8 Å². The summed E-state index contributed by atoms with van der Waals surface area (Å²) < 4.78 is 25.9. The number of nitro groups is 1. The summed E-state index contributed by atoms with van der Waals surface area (Å²) in [5.41, 5.74) is 2.14. The number of nitro benzene ring substituents is 1. The number of non-ortho nitro benzene ring substituents is 1. The fraction of sp³-hybridized carbons (Fsp3) is 0.316. The van der Waals surface area contributed by atoms with Crippen molar-refractivity contribution in [1.29, 1.82) is 0 Å². The van der Waals surface area contributed by atoms with Crippen molar-refractivity contribution in [3.05, 3.63) is 63.7 Å². The molecule has 0 radical (unpaired) electrons. The number of benzene rings is 2. The van der Waals surface area contributed by atoms with Crippen molar-refractivity contribution in [3.63, 3.8) is 0 Å². The summed E-state index contributed by atoms with van der Waals surface area (Å²) in [5, 5.41) is 13.9. The lowest BCUT2D eigenvalue weighted by molar-refractivity contribution is -0.384. The number of amides is 1. The van der Waals surface area contributed by atoms with Crippen LogP contribution < -0.4 is 9.62 Å². The number of rotatable bonds is 7. The number of carbonyl (C=O) groups is 1.